The van der Waals surface area contributed by atoms with Gasteiger partial charge in [0.1, 0.15) is 0 Å². The molecule has 0 spiro atoms. The molecule has 0 aromatic carbocycles. The molecule has 0 aromatic heterocycles. The van der Waals surface area contributed by atoms with E-state index in [2.05, 4.69) is 39.3 Å². The smallest absolute Gasteiger partial charge is 0.0323 e. The van der Waals surface area contributed by atoms with Crippen LogP contribution in [0.3, 0.4) is 0 Å². The summed E-state index contributed by atoms with van der Waals surface area (Å²) < 4.78 is 0. The first-order valence-corrected chi connectivity index (χ1v) is 5.78. The standard InChI is InChI=1S/C13H23N/c1-10-9-14(5)13(12(2,3)4)8-6-7-11(10)13/h11H,1,6-9H2,2-5H3. The molecule has 1 heteroatoms. The van der Waals surface area contributed by atoms with Crippen LogP contribution in [0.5, 0.6) is 0 Å². The largest absolute Gasteiger partial charge is 0.296 e. The SMILES string of the molecule is C=C1CN(C)C2(C(C)(C)C)CCCC12. The van der Waals surface area contributed by atoms with Crippen LogP contribution in [-0.4, -0.2) is 24.0 Å². The molecule has 0 aromatic rings. The average Bonchev–Trinajstić information content (AvgIpc) is 2.53. The summed E-state index contributed by atoms with van der Waals surface area (Å²) in [5, 5.41) is 0. The van der Waals surface area contributed by atoms with E-state index in [0.29, 0.717) is 11.0 Å². The number of hydrogen-bond donors (Lipinski definition) is 0. The van der Waals surface area contributed by atoms with Crippen molar-refractivity contribution in [1.82, 2.24) is 4.90 Å². The Morgan fingerprint density at radius 1 is 1.43 bits per heavy atom. The van der Waals surface area contributed by atoms with Crippen LogP contribution in [0.15, 0.2) is 12.2 Å². The quantitative estimate of drug-likeness (QED) is 0.534. The lowest BCUT2D eigenvalue weighted by Crippen LogP contribution is -2.53. The molecule has 2 unspecified atom stereocenters. The van der Waals surface area contributed by atoms with Crippen LogP contribution >= 0.6 is 0 Å². The zero-order chi connectivity index (χ0) is 10.6. The zero-order valence-electron chi connectivity index (χ0n) is 10.1. The van der Waals surface area contributed by atoms with Gasteiger partial charge in [-0.2, -0.15) is 0 Å². The summed E-state index contributed by atoms with van der Waals surface area (Å²) in [6, 6.07) is 0. The lowest BCUT2D eigenvalue weighted by atomic mass is 9.67. The summed E-state index contributed by atoms with van der Waals surface area (Å²) >= 11 is 0. The molecule has 1 aliphatic heterocycles. The lowest BCUT2D eigenvalue weighted by molar-refractivity contribution is 0.0291. The van der Waals surface area contributed by atoms with Crippen molar-refractivity contribution in [2.24, 2.45) is 11.3 Å². The summed E-state index contributed by atoms with van der Waals surface area (Å²) in [5.41, 5.74) is 2.26. The maximum absolute atomic E-state index is 4.26. The van der Waals surface area contributed by atoms with Gasteiger partial charge in [0.25, 0.3) is 0 Å². The average molecular weight is 193 g/mol. The Morgan fingerprint density at radius 3 is 2.57 bits per heavy atom. The highest BCUT2D eigenvalue weighted by molar-refractivity contribution is 5.25. The molecule has 1 saturated carbocycles. The summed E-state index contributed by atoms with van der Waals surface area (Å²) in [6.45, 7) is 12.5. The summed E-state index contributed by atoms with van der Waals surface area (Å²) in [5.74, 6) is 0.757. The number of nitrogens with zero attached hydrogens (tertiary/aromatic N) is 1. The van der Waals surface area contributed by atoms with Crippen LogP contribution in [0.25, 0.3) is 0 Å². The van der Waals surface area contributed by atoms with Gasteiger partial charge in [-0.3, -0.25) is 4.90 Å². The molecular weight excluding hydrogens is 170 g/mol. The van der Waals surface area contributed by atoms with Crippen molar-refractivity contribution in [1.29, 1.82) is 0 Å². The third-order valence-corrected chi connectivity index (χ3v) is 4.54. The first-order chi connectivity index (χ1) is 6.39. The molecule has 0 amide bonds. The third-order valence-electron chi connectivity index (χ3n) is 4.54. The van der Waals surface area contributed by atoms with Crippen molar-refractivity contribution in [3.63, 3.8) is 0 Å². The van der Waals surface area contributed by atoms with E-state index in [4.69, 9.17) is 0 Å². The Bertz CT molecular complexity index is 261. The fourth-order valence-electron chi connectivity index (χ4n) is 4.01. The molecule has 2 aliphatic rings. The topological polar surface area (TPSA) is 3.24 Å². The first-order valence-electron chi connectivity index (χ1n) is 5.78. The van der Waals surface area contributed by atoms with E-state index in [9.17, 15) is 0 Å². The maximum atomic E-state index is 4.26. The van der Waals surface area contributed by atoms with E-state index in [-0.39, 0.29) is 0 Å². The Balaban J connectivity index is 2.44. The molecule has 0 radical (unpaired) electrons. The Morgan fingerprint density at radius 2 is 2.07 bits per heavy atom. The number of fused-ring (bicyclic) bond motifs is 1. The monoisotopic (exact) mass is 193 g/mol. The third kappa shape index (κ3) is 1.05. The first kappa shape index (κ1) is 10.2. The second-order valence-electron chi connectivity index (χ2n) is 6.13. The van der Waals surface area contributed by atoms with E-state index in [1.165, 1.54) is 24.8 Å². The molecule has 1 saturated heterocycles. The predicted octanol–water partition coefficient (Wildman–Crippen LogP) is 3.07. The fourth-order valence-corrected chi connectivity index (χ4v) is 4.01. The van der Waals surface area contributed by atoms with Crippen LogP contribution < -0.4 is 0 Å². The number of likely N-dealkylation sites (tertiary alicyclic amines) is 1. The van der Waals surface area contributed by atoms with Gasteiger partial charge in [0.15, 0.2) is 0 Å². The van der Waals surface area contributed by atoms with Crippen LogP contribution in [0.4, 0.5) is 0 Å². The summed E-state index contributed by atoms with van der Waals surface area (Å²) in [4.78, 5) is 2.56. The molecule has 80 valence electrons. The van der Waals surface area contributed by atoms with Crippen LogP contribution in [0, 0.1) is 11.3 Å². The number of rotatable bonds is 0. The van der Waals surface area contributed by atoms with Crippen LogP contribution in [0.2, 0.25) is 0 Å². The van der Waals surface area contributed by atoms with E-state index in [0.717, 1.165) is 12.5 Å². The molecule has 1 aliphatic carbocycles. The van der Waals surface area contributed by atoms with Gasteiger partial charge in [0, 0.05) is 12.1 Å². The molecule has 2 atom stereocenters. The second-order valence-corrected chi connectivity index (χ2v) is 6.13. The van der Waals surface area contributed by atoms with Crippen molar-refractivity contribution in [3.8, 4) is 0 Å². The molecule has 1 nitrogen and oxygen atoms in total. The van der Waals surface area contributed by atoms with Gasteiger partial charge >= 0.3 is 0 Å². The lowest BCUT2D eigenvalue weighted by Gasteiger charge is -2.47. The van der Waals surface area contributed by atoms with E-state index >= 15 is 0 Å². The predicted molar refractivity (Wildman–Crippen MR) is 61.3 cm³/mol. The Hall–Kier alpha value is -0.300. The molecule has 2 fully saturated rings. The van der Waals surface area contributed by atoms with E-state index < -0.39 is 0 Å². The van der Waals surface area contributed by atoms with Crippen molar-refractivity contribution in [2.45, 2.75) is 45.6 Å². The number of hydrogen-bond acceptors (Lipinski definition) is 1. The zero-order valence-corrected chi connectivity index (χ0v) is 10.1. The highest BCUT2D eigenvalue weighted by Gasteiger charge is 2.57. The van der Waals surface area contributed by atoms with Crippen molar-refractivity contribution in [2.75, 3.05) is 13.6 Å². The molecule has 0 N–H and O–H groups in total. The van der Waals surface area contributed by atoms with E-state index in [1.807, 2.05) is 0 Å². The second kappa shape index (κ2) is 2.85. The molecule has 14 heavy (non-hydrogen) atoms. The van der Waals surface area contributed by atoms with E-state index in [1.54, 1.807) is 0 Å². The van der Waals surface area contributed by atoms with Gasteiger partial charge in [-0.25, -0.2) is 0 Å². The van der Waals surface area contributed by atoms with Crippen molar-refractivity contribution < 1.29 is 0 Å². The highest BCUT2D eigenvalue weighted by atomic mass is 15.2. The number of likely N-dealkylation sites (N-methyl/N-ethyl adjacent to an activating group) is 1. The fraction of sp³-hybridized carbons (Fsp3) is 0.846. The Labute approximate surface area is 88.2 Å². The van der Waals surface area contributed by atoms with Gasteiger partial charge in [-0.1, -0.05) is 39.3 Å². The van der Waals surface area contributed by atoms with Gasteiger partial charge < -0.3 is 0 Å². The molecule has 0 bridgehead atoms. The van der Waals surface area contributed by atoms with Crippen LogP contribution in [-0.2, 0) is 0 Å². The minimum atomic E-state index is 0.377. The van der Waals surface area contributed by atoms with Crippen molar-refractivity contribution >= 4 is 0 Å². The minimum Gasteiger partial charge on any atom is -0.296 e. The van der Waals surface area contributed by atoms with Gasteiger partial charge in [-0.15, -0.1) is 0 Å². The van der Waals surface area contributed by atoms with Gasteiger partial charge in [0.05, 0.1) is 0 Å². The molecular formula is C13H23N. The van der Waals surface area contributed by atoms with Crippen LogP contribution in [0.1, 0.15) is 40.0 Å². The van der Waals surface area contributed by atoms with Gasteiger partial charge in [-0.05, 0) is 31.2 Å². The highest BCUT2D eigenvalue weighted by Crippen LogP contribution is 2.56. The summed E-state index contributed by atoms with van der Waals surface area (Å²) in [7, 11) is 2.28. The molecule has 1 heterocycles. The summed E-state index contributed by atoms with van der Waals surface area (Å²) in [6.07, 6.45) is 4.10. The molecule has 2 rings (SSSR count). The van der Waals surface area contributed by atoms with Crippen molar-refractivity contribution in [3.05, 3.63) is 12.2 Å². The Kier molecular flexibility index (Phi) is 2.08. The minimum absolute atomic E-state index is 0.377. The van der Waals surface area contributed by atoms with Gasteiger partial charge in [0.2, 0.25) is 0 Å². The maximum Gasteiger partial charge on any atom is 0.0323 e. The normalized spacial score (nSPS) is 39.1.